The van der Waals surface area contributed by atoms with E-state index in [9.17, 15) is 9.59 Å². The summed E-state index contributed by atoms with van der Waals surface area (Å²) < 4.78 is 5.71. The van der Waals surface area contributed by atoms with Crippen LogP contribution in [0.25, 0.3) is 0 Å². The Morgan fingerprint density at radius 3 is 2.23 bits per heavy atom. The van der Waals surface area contributed by atoms with Gasteiger partial charge in [-0.3, -0.25) is 9.59 Å². The lowest BCUT2D eigenvalue weighted by Gasteiger charge is -2.16. The molecule has 30 heavy (non-hydrogen) atoms. The molecule has 0 saturated heterocycles. The summed E-state index contributed by atoms with van der Waals surface area (Å²) in [6.07, 6.45) is -0.727. The topological polar surface area (TPSA) is 67.4 Å². The third-order valence-electron chi connectivity index (χ3n) is 4.65. The van der Waals surface area contributed by atoms with Crippen LogP contribution in [0.1, 0.15) is 28.4 Å². The summed E-state index contributed by atoms with van der Waals surface area (Å²) in [7, 11) is 0. The maximum Gasteiger partial charge on any atom is 0.265 e. The average molecular weight is 423 g/mol. The Morgan fingerprint density at radius 2 is 1.53 bits per heavy atom. The number of benzene rings is 3. The Balaban J connectivity index is 1.60. The monoisotopic (exact) mass is 422 g/mol. The number of anilines is 2. The van der Waals surface area contributed by atoms with E-state index >= 15 is 0 Å². The van der Waals surface area contributed by atoms with Gasteiger partial charge < -0.3 is 15.4 Å². The minimum Gasteiger partial charge on any atom is -0.481 e. The van der Waals surface area contributed by atoms with Gasteiger partial charge in [0.05, 0.1) is 0 Å². The Morgan fingerprint density at radius 1 is 0.867 bits per heavy atom. The van der Waals surface area contributed by atoms with Crippen molar-refractivity contribution in [1.29, 1.82) is 0 Å². The average Bonchev–Trinajstić information content (AvgIpc) is 2.72. The number of carbonyl (C=O) groups is 2. The first kappa shape index (κ1) is 21.4. The number of rotatable bonds is 6. The number of para-hydroxylation sites is 1. The number of ether oxygens (including phenoxy) is 1. The molecule has 2 amide bonds. The zero-order valence-electron chi connectivity index (χ0n) is 17.0. The Kier molecular flexibility index (Phi) is 6.75. The zero-order valence-corrected chi connectivity index (χ0v) is 17.8. The summed E-state index contributed by atoms with van der Waals surface area (Å²) in [5, 5.41) is 6.25. The van der Waals surface area contributed by atoms with Crippen LogP contribution in [0.2, 0.25) is 5.02 Å². The second-order valence-corrected chi connectivity index (χ2v) is 7.44. The van der Waals surface area contributed by atoms with E-state index in [0.717, 1.165) is 16.8 Å². The van der Waals surface area contributed by atoms with Crippen molar-refractivity contribution in [2.75, 3.05) is 10.6 Å². The lowest BCUT2D eigenvalue weighted by molar-refractivity contribution is -0.122. The molecule has 3 aromatic carbocycles. The van der Waals surface area contributed by atoms with Gasteiger partial charge in [-0.15, -0.1) is 0 Å². The van der Waals surface area contributed by atoms with Gasteiger partial charge in [-0.2, -0.15) is 0 Å². The minimum absolute atomic E-state index is 0.210. The van der Waals surface area contributed by atoms with Crippen molar-refractivity contribution in [3.8, 4) is 5.75 Å². The number of nitrogens with one attached hydrogen (secondary N) is 2. The molecule has 0 aliphatic heterocycles. The fourth-order valence-electron chi connectivity index (χ4n) is 2.81. The van der Waals surface area contributed by atoms with E-state index in [1.54, 1.807) is 43.3 Å². The molecule has 0 heterocycles. The van der Waals surface area contributed by atoms with Crippen molar-refractivity contribution in [3.63, 3.8) is 0 Å². The van der Waals surface area contributed by atoms with Crippen molar-refractivity contribution >= 4 is 34.8 Å². The van der Waals surface area contributed by atoms with Gasteiger partial charge in [0.2, 0.25) is 0 Å². The van der Waals surface area contributed by atoms with E-state index in [-0.39, 0.29) is 11.8 Å². The summed E-state index contributed by atoms with van der Waals surface area (Å²) in [6, 6.07) is 19.5. The highest BCUT2D eigenvalue weighted by molar-refractivity contribution is 6.31. The molecular weight excluding hydrogens is 400 g/mol. The molecule has 0 bridgehead atoms. The van der Waals surface area contributed by atoms with Gasteiger partial charge in [0.25, 0.3) is 11.8 Å². The van der Waals surface area contributed by atoms with Crippen molar-refractivity contribution in [2.24, 2.45) is 0 Å². The summed E-state index contributed by atoms with van der Waals surface area (Å²) in [4.78, 5) is 24.9. The molecular formula is C24H23ClN2O3. The van der Waals surface area contributed by atoms with Crippen LogP contribution in [0, 0.1) is 13.8 Å². The fraction of sp³-hybridized carbons (Fsp3) is 0.167. The molecule has 154 valence electrons. The number of hydrogen-bond acceptors (Lipinski definition) is 3. The van der Waals surface area contributed by atoms with Crippen molar-refractivity contribution in [1.82, 2.24) is 0 Å². The second-order valence-electron chi connectivity index (χ2n) is 7.00. The van der Waals surface area contributed by atoms with E-state index in [1.165, 1.54) is 0 Å². The highest BCUT2D eigenvalue weighted by Gasteiger charge is 2.16. The SMILES string of the molecule is Cc1ccccc1NC(=O)c1ccc(O[C@H](C)C(=O)Nc2cc(Cl)ccc2C)cc1. The number of halogens is 1. The standard InChI is InChI=1S/C24H23ClN2O3/c1-15-6-4-5-7-21(15)26-24(29)18-9-12-20(13-10-18)30-17(3)23(28)27-22-14-19(25)11-8-16(22)2/h4-14,17H,1-3H3,(H,26,29)(H,27,28)/t17-/m1/s1. The van der Waals surface area contributed by atoms with Crippen LogP contribution < -0.4 is 15.4 Å². The van der Waals surface area contributed by atoms with Crippen LogP contribution in [0.3, 0.4) is 0 Å². The number of amides is 2. The maximum atomic E-state index is 12.4. The van der Waals surface area contributed by atoms with Gasteiger partial charge in [0.1, 0.15) is 5.75 Å². The Bertz CT molecular complexity index is 1060. The van der Waals surface area contributed by atoms with Crippen LogP contribution in [-0.2, 0) is 4.79 Å². The Hall–Kier alpha value is -3.31. The zero-order chi connectivity index (χ0) is 21.7. The first-order chi connectivity index (χ1) is 14.3. The first-order valence-corrected chi connectivity index (χ1v) is 9.92. The predicted molar refractivity (Wildman–Crippen MR) is 120 cm³/mol. The highest BCUT2D eigenvalue weighted by Crippen LogP contribution is 2.21. The highest BCUT2D eigenvalue weighted by atomic mass is 35.5. The third kappa shape index (κ3) is 5.39. The van der Waals surface area contributed by atoms with Gasteiger partial charge >= 0.3 is 0 Å². The van der Waals surface area contributed by atoms with E-state index in [1.807, 2.05) is 44.2 Å². The molecule has 1 atom stereocenters. The molecule has 0 fully saturated rings. The molecule has 3 aromatic rings. The van der Waals surface area contributed by atoms with Crippen LogP contribution >= 0.6 is 11.6 Å². The quantitative estimate of drug-likeness (QED) is 0.542. The lowest BCUT2D eigenvalue weighted by Crippen LogP contribution is -2.30. The van der Waals surface area contributed by atoms with E-state index in [4.69, 9.17) is 16.3 Å². The smallest absolute Gasteiger partial charge is 0.265 e. The summed E-state index contributed by atoms with van der Waals surface area (Å²) in [6.45, 7) is 5.48. The third-order valence-corrected chi connectivity index (χ3v) is 4.88. The molecule has 6 heteroatoms. The van der Waals surface area contributed by atoms with Crippen LogP contribution in [0.5, 0.6) is 5.75 Å². The minimum atomic E-state index is -0.727. The number of carbonyl (C=O) groups excluding carboxylic acids is 2. The number of hydrogen-bond donors (Lipinski definition) is 2. The van der Waals surface area contributed by atoms with E-state index < -0.39 is 6.10 Å². The molecule has 0 spiro atoms. The van der Waals surface area contributed by atoms with Crippen molar-refractivity contribution in [3.05, 3.63) is 88.4 Å². The second kappa shape index (κ2) is 9.46. The molecule has 3 rings (SSSR count). The van der Waals surface area contributed by atoms with Gasteiger partial charge in [0, 0.05) is 22.0 Å². The molecule has 0 aliphatic rings. The predicted octanol–water partition coefficient (Wildman–Crippen LogP) is 5.62. The molecule has 0 aliphatic carbocycles. The van der Waals surface area contributed by atoms with E-state index in [0.29, 0.717) is 22.0 Å². The number of aryl methyl sites for hydroxylation is 2. The van der Waals surface area contributed by atoms with Gasteiger partial charge in [-0.05, 0) is 74.4 Å². The summed E-state index contributed by atoms with van der Waals surface area (Å²) in [5.74, 6) is -0.00674. The molecule has 0 aromatic heterocycles. The van der Waals surface area contributed by atoms with Crippen LogP contribution in [-0.4, -0.2) is 17.9 Å². The van der Waals surface area contributed by atoms with Crippen LogP contribution in [0.15, 0.2) is 66.7 Å². The van der Waals surface area contributed by atoms with E-state index in [2.05, 4.69) is 10.6 Å². The van der Waals surface area contributed by atoms with Crippen molar-refractivity contribution < 1.29 is 14.3 Å². The summed E-state index contributed by atoms with van der Waals surface area (Å²) >= 11 is 5.99. The molecule has 0 unspecified atom stereocenters. The van der Waals surface area contributed by atoms with Gasteiger partial charge in [-0.1, -0.05) is 35.9 Å². The molecule has 0 radical (unpaired) electrons. The summed E-state index contributed by atoms with van der Waals surface area (Å²) in [5.41, 5.74) is 3.80. The van der Waals surface area contributed by atoms with Crippen LogP contribution in [0.4, 0.5) is 11.4 Å². The molecule has 5 nitrogen and oxygen atoms in total. The van der Waals surface area contributed by atoms with Gasteiger partial charge in [-0.25, -0.2) is 0 Å². The largest absolute Gasteiger partial charge is 0.481 e. The molecule has 2 N–H and O–H groups in total. The normalized spacial score (nSPS) is 11.5. The van der Waals surface area contributed by atoms with Crippen molar-refractivity contribution in [2.45, 2.75) is 26.9 Å². The first-order valence-electron chi connectivity index (χ1n) is 9.54. The molecule has 0 saturated carbocycles. The van der Waals surface area contributed by atoms with Gasteiger partial charge in [0.15, 0.2) is 6.10 Å². The lowest BCUT2D eigenvalue weighted by atomic mass is 10.1. The maximum absolute atomic E-state index is 12.4. The fourth-order valence-corrected chi connectivity index (χ4v) is 2.99. The Labute approximate surface area is 181 Å².